The van der Waals surface area contributed by atoms with Gasteiger partial charge in [0, 0.05) is 43.9 Å². The number of hydrogen-bond acceptors (Lipinski definition) is 5. The Kier molecular flexibility index (Phi) is 6.11. The molecule has 1 unspecified atom stereocenters. The summed E-state index contributed by atoms with van der Waals surface area (Å²) in [6, 6.07) is 10.3. The van der Waals surface area contributed by atoms with Crippen molar-refractivity contribution in [1.82, 2.24) is 23.8 Å². The van der Waals surface area contributed by atoms with Gasteiger partial charge in [0.15, 0.2) is 5.65 Å². The molecule has 2 aromatic heterocycles. The number of benzene rings is 1. The summed E-state index contributed by atoms with van der Waals surface area (Å²) in [5, 5.41) is 8.75. The Hall–Kier alpha value is -2.49. The predicted molar refractivity (Wildman–Crippen MR) is 125 cm³/mol. The quantitative estimate of drug-likeness (QED) is 0.561. The molecular formula is C23H26ClN5O3S. The molecule has 8 nitrogen and oxygen atoms in total. The van der Waals surface area contributed by atoms with Crippen molar-refractivity contribution < 1.29 is 13.2 Å². The number of carbonyl (C=O) groups excluding carboxylic acids is 1. The van der Waals surface area contributed by atoms with Gasteiger partial charge >= 0.3 is 0 Å². The van der Waals surface area contributed by atoms with Gasteiger partial charge in [0.1, 0.15) is 10.7 Å². The molecule has 0 spiro atoms. The average Bonchev–Trinajstić information content (AvgIpc) is 3.29. The Morgan fingerprint density at radius 2 is 1.82 bits per heavy atom. The number of likely N-dealkylation sites (tertiary alicyclic amines) is 1. The van der Waals surface area contributed by atoms with E-state index >= 15 is 0 Å². The molecule has 5 rings (SSSR count). The minimum atomic E-state index is -3.74. The number of hydrogen-bond donors (Lipinski definition) is 0. The van der Waals surface area contributed by atoms with E-state index in [4.69, 9.17) is 11.6 Å². The van der Waals surface area contributed by atoms with E-state index in [9.17, 15) is 13.2 Å². The first-order valence-corrected chi connectivity index (χ1v) is 13.2. The third-order valence-electron chi connectivity index (χ3n) is 6.52. The lowest BCUT2D eigenvalue weighted by Crippen LogP contribution is -2.40. The molecule has 4 heterocycles. The van der Waals surface area contributed by atoms with E-state index in [1.54, 1.807) is 11.0 Å². The SMILES string of the molecule is O=C(c1ccc(Cl)c(S(=O)(=O)N2CCCCC2)c1)N1CCCC(c2nnc3ccccn23)C1. The molecule has 0 aliphatic carbocycles. The van der Waals surface area contributed by atoms with Crippen molar-refractivity contribution in [2.24, 2.45) is 0 Å². The Bertz CT molecular complexity index is 1290. The number of carbonyl (C=O) groups is 1. The molecule has 2 saturated heterocycles. The van der Waals surface area contributed by atoms with Crippen LogP contribution in [0.1, 0.15) is 54.2 Å². The molecule has 0 radical (unpaired) electrons. The molecule has 33 heavy (non-hydrogen) atoms. The predicted octanol–water partition coefficient (Wildman–Crippen LogP) is 3.58. The van der Waals surface area contributed by atoms with E-state index in [1.807, 2.05) is 28.8 Å². The Morgan fingerprint density at radius 1 is 1.00 bits per heavy atom. The number of fused-ring (bicyclic) bond motifs is 1. The summed E-state index contributed by atoms with van der Waals surface area (Å²) in [4.78, 5) is 15.2. The fourth-order valence-corrected chi connectivity index (χ4v) is 6.79. The lowest BCUT2D eigenvalue weighted by Gasteiger charge is -2.32. The maximum atomic E-state index is 13.4. The Balaban J connectivity index is 1.39. The van der Waals surface area contributed by atoms with E-state index in [0.717, 1.165) is 43.6 Å². The van der Waals surface area contributed by atoms with E-state index in [1.165, 1.54) is 16.4 Å². The third kappa shape index (κ3) is 4.25. The van der Waals surface area contributed by atoms with Gasteiger partial charge in [0.05, 0.1) is 5.02 Å². The Morgan fingerprint density at radius 3 is 2.64 bits per heavy atom. The maximum absolute atomic E-state index is 13.4. The Labute approximate surface area is 198 Å². The molecule has 1 atom stereocenters. The molecule has 10 heteroatoms. The van der Waals surface area contributed by atoms with E-state index in [-0.39, 0.29) is 21.7 Å². The summed E-state index contributed by atoms with van der Waals surface area (Å²) in [6.45, 7) is 2.09. The van der Waals surface area contributed by atoms with E-state index in [2.05, 4.69) is 10.2 Å². The highest BCUT2D eigenvalue weighted by atomic mass is 35.5. The second-order valence-electron chi connectivity index (χ2n) is 8.69. The highest BCUT2D eigenvalue weighted by Gasteiger charge is 2.31. The summed E-state index contributed by atoms with van der Waals surface area (Å²) in [7, 11) is -3.74. The summed E-state index contributed by atoms with van der Waals surface area (Å²) >= 11 is 6.29. The van der Waals surface area contributed by atoms with Crippen molar-refractivity contribution in [1.29, 1.82) is 0 Å². The largest absolute Gasteiger partial charge is 0.338 e. The van der Waals surface area contributed by atoms with Crippen LogP contribution in [0.3, 0.4) is 0 Å². The van der Waals surface area contributed by atoms with Crippen LogP contribution < -0.4 is 0 Å². The van der Waals surface area contributed by atoms with Crippen molar-refractivity contribution >= 4 is 33.2 Å². The lowest BCUT2D eigenvalue weighted by atomic mass is 9.96. The number of nitrogens with zero attached hydrogens (tertiary/aromatic N) is 5. The number of amides is 1. The summed E-state index contributed by atoms with van der Waals surface area (Å²) in [6.07, 6.45) is 6.38. The second kappa shape index (κ2) is 9.04. The van der Waals surface area contributed by atoms with E-state index in [0.29, 0.717) is 31.7 Å². The monoisotopic (exact) mass is 487 g/mol. The topological polar surface area (TPSA) is 87.9 Å². The minimum Gasteiger partial charge on any atom is -0.338 e. The molecule has 2 fully saturated rings. The number of piperidine rings is 2. The standard InChI is InChI=1S/C23H26ClN5O3S/c24-19-10-9-17(15-20(19)33(31,32)28-12-3-1-4-13-28)23(30)27-11-6-7-18(16-27)22-26-25-21-8-2-5-14-29(21)22/h2,5,8-10,14-15,18H,1,3-4,6-7,11-13,16H2. The van der Waals surface area contributed by atoms with Crippen LogP contribution in [0.15, 0.2) is 47.5 Å². The van der Waals surface area contributed by atoms with Crippen LogP contribution in [-0.2, 0) is 10.0 Å². The van der Waals surface area contributed by atoms with Gasteiger partial charge < -0.3 is 4.90 Å². The van der Waals surface area contributed by atoms with Crippen LogP contribution in [0, 0.1) is 0 Å². The molecule has 3 aromatic rings. The van der Waals surface area contributed by atoms with Crippen LogP contribution >= 0.6 is 11.6 Å². The molecular weight excluding hydrogens is 462 g/mol. The van der Waals surface area contributed by atoms with Gasteiger partial charge in [-0.1, -0.05) is 24.1 Å². The van der Waals surface area contributed by atoms with Gasteiger partial charge in [-0.15, -0.1) is 10.2 Å². The number of rotatable bonds is 4. The van der Waals surface area contributed by atoms with Crippen molar-refractivity contribution in [3.63, 3.8) is 0 Å². The highest BCUT2D eigenvalue weighted by Crippen LogP contribution is 2.30. The van der Waals surface area contributed by atoms with Gasteiger partial charge in [0.2, 0.25) is 10.0 Å². The van der Waals surface area contributed by atoms with Gasteiger partial charge in [-0.25, -0.2) is 8.42 Å². The first-order valence-electron chi connectivity index (χ1n) is 11.3. The molecule has 0 bridgehead atoms. The average molecular weight is 488 g/mol. The first-order chi connectivity index (χ1) is 15.9. The third-order valence-corrected chi connectivity index (χ3v) is 8.91. The highest BCUT2D eigenvalue weighted by molar-refractivity contribution is 7.89. The van der Waals surface area contributed by atoms with Crippen LogP contribution in [-0.4, -0.2) is 64.3 Å². The van der Waals surface area contributed by atoms with Gasteiger partial charge in [-0.2, -0.15) is 4.31 Å². The van der Waals surface area contributed by atoms with Crippen LogP contribution in [0.5, 0.6) is 0 Å². The van der Waals surface area contributed by atoms with Crippen molar-refractivity contribution in [3.05, 3.63) is 59.0 Å². The van der Waals surface area contributed by atoms with Crippen molar-refractivity contribution in [2.45, 2.75) is 42.9 Å². The maximum Gasteiger partial charge on any atom is 0.253 e. The zero-order valence-electron chi connectivity index (χ0n) is 18.2. The van der Waals surface area contributed by atoms with E-state index < -0.39 is 10.0 Å². The smallest absolute Gasteiger partial charge is 0.253 e. The van der Waals surface area contributed by atoms with Gasteiger partial charge in [-0.05, 0) is 56.0 Å². The minimum absolute atomic E-state index is 0.00827. The number of sulfonamides is 1. The summed E-state index contributed by atoms with van der Waals surface area (Å²) in [5.41, 5.74) is 1.11. The molecule has 1 aromatic carbocycles. The molecule has 0 N–H and O–H groups in total. The fourth-order valence-electron chi connectivity index (χ4n) is 4.77. The molecule has 1 amide bonds. The van der Waals surface area contributed by atoms with Crippen LogP contribution in [0.25, 0.3) is 5.65 Å². The van der Waals surface area contributed by atoms with Crippen molar-refractivity contribution in [2.75, 3.05) is 26.2 Å². The van der Waals surface area contributed by atoms with Crippen LogP contribution in [0.4, 0.5) is 0 Å². The molecule has 2 aliphatic heterocycles. The summed E-state index contributed by atoms with van der Waals surface area (Å²) in [5.74, 6) is 0.705. The number of aromatic nitrogens is 3. The zero-order chi connectivity index (χ0) is 23.0. The lowest BCUT2D eigenvalue weighted by molar-refractivity contribution is 0.0704. The molecule has 2 aliphatic rings. The normalized spacial score (nSPS) is 20.3. The second-order valence-corrected chi connectivity index (χ2v) is 11.0. The van der Waals surface area contributed by atoms with Crippen LogP contribution in [0.2, 0.25) is 5.02 Å². The number of halogens is 1. The molecule has 174 valence electrons. The summed E-state index contributed by atoms with van der Waals surface area (Å²) < 4.78 is 29.8. The first kappa shape index (κ1) is 22.3. The fraction of sp³-hybridized carbons (Fsp3) is 0.435. The number of pyridine rings is 1. The zero-order valence-corrected chi connectivity index (χ0v) is 19.8. The van der Waals surface area contributed by atoms with Gasteiger partial charge in [-0.3, -0.25) is 9.20 Å². The van der Waals surface area contributed by atoms with Gasteiger partial charge in [0.25, 0.3) is 5.91 Å². The molecule has 0 saturated carbocycles. The van der Waals surface area contributed by atoms with Crippen molar-refractivity contribution in [3.8, 4) is 0 Å².